The Bertz CT molecular complexity index is 1050. The molecule has 3 rings (SSSR count). The fraction of sp³-hybridized carbons (Fsp3) is 0.318. The molecule has 2 aromatic carbocycles. The monoisotopic (exact) mass is 376 g/mol. The highest BCUT2D eigenvalue weighted by atomic mass is 16.3. The molecule has 1 amide bonds. The van der Waals surface area contributed by atoms with E-state index in [1.54, 1.807) is 37.3 Å². The molecule has 0 radical (unpaired) electrons. The van der Waals surface area contributed by atoms with Gasteiger partial charge in [-0.2, -0.15) is 0 Å². The van der Waals surface area contributed by atoms with E-state index in [9.17, 15) is 9.90 Å². The number of aromatic nitrogens is 2. The molecule has 1 heterocycles. The lowest BCUT2D eigenvalue weighted by atomic mass is 9.92. The van der Waals surface area contributed by atoms with Crippen LogP contribution in [0, 0.1) is 6.57 Å². The Hall–Kier alpha value is -3.17. The molecule has 0 unspecified atom stereocenters. The Morgan fingerprint density at radius 1 is 1.18 bits per heavy atom. The molecule has 0 bridgehead atoms. The highest BCUT2D eigenvalue weighted by molar-refractivity contribution is 5.93. The third-order valence-corrected chi connectivity index (χ3v) is 4.59. The molecular weight excluding hydrogens is 352 g/mol. The molecule has 0 aliphatic heterocycles. The van der Waals surface area contributed by atoms with E-state index in [2.05, 4.69) is 15.1 Å². The summed E-state index contributed by atoms with van der Waals surface area (Å²) in [4.78, 5) is 20.7. The van der Waals surface area contributed by atoms with Crippen LogP contribution in [0.1, 0.15) is 39.7 Å². The van der Waals surface area contributed by atoms with Crippen molar-refractivity contribution in [1.29, 1.82) is 0 Å². The number of rotatable bonds is 4. The minimum absolute atomic E-state index is 0.0995. The number of nitrogens with zero attached hydrogens (tertiary/aromatic N) is 3. The molecule has 2 N–H and O–H groups in total. The standard InChI is InChI=1S/C22H24N4O2/c1-21(2,3)26-18-13-16(23-5)11-12-17(18)24-20(26)25-19(27)14-22(4,28)15-9-7-6-8-10-15/h6-13,28H,14H2,1-4H3,(H,24,25,27)/t22-/m1/s1. The van der Waals surface area contributed by atoms with Crippen molar-refractivity contribution in [3.05, 3.63) is 65.5 Å². The number of amides is 1. The van der Waals surface area contributed by atoms with Gasteiger partial charge in [0.1, 0.15) is 0 Å². The van der Waals surface area contributed by atoms with Gasteiger partial charge in [0.2, 0.25) is 11.9 Å². The number of carbonyl (C=O) groups excluding carboxylic acids is 1. The van der Waals surface area contributed by atoms with Gasteiger partial charge in [-0.05, 0) is 45.4 Å². The van der Waals surface area contributed by atoms with Gasteiger partial charge in [0.15, 0.2) is 5.69 Å². The Morgan fingerprint density at radius 3 is 2.46 bits per heavy atom. The minimum atomic E-state index is -1.29. The van der Waals surface area contributed by atoms with Crippen LogP contribution in [0.4, 0.5) is 11.6 Å². The summed E-state index contributed by atoms with van der Waals surface area (Å²) in [5.74, 6) is 0.0681. The van der Waals surface area contributed by atoms with E-state index < -0.39 is 5.60 Å². The van der Waals surface area contributed by atoms with Crippen molar-refractivity contribution in [2.45, 2.75) is 45.3 Å². The molecular formula is C22H24N4O2. The van der Waals surface area contributed by atoms with Gasteiger partial charge < -0.3 is 9.67 Å². The zero-order valence-electron chi connectivity index (χ0n) is 16.5. The van der Waals surface area contributed by atoms with Gasteiger partial charge in [-0.3, -0.25) is 10.1 Å². The third kappa shape index (κ3) is 3.90. The largest absolute Gasteiger partial charge is 0.385 e. The normalized spacial score (nSPS) is 13.7. The van der Waals surface area contributed by atoms with Crippen LogP contribution in [-0.2, 0) is 15.9 Å². The fourth-order valence-corrected chi connectivity index (χ4v) is 3.28. The molecule has 144 valence electrons. The Labute approximate surface area is 164 Å². The van der Waals surface area contributed by atoms with Gasteiger partial charge in [-0.25, -0.2) is 9.83 Å². The van der Waals surface area contributed by atoms with Crippen LogP contribution in [0.15, 0.2) is 48.5 Å². The number of nitrogens with one attached hydrogen (secondary N) is 1. The van der Waals surface area contributed by atoms with Gasteiger partial charge in [-0.15, -0.1) is 0 Å². The average Bonchev–Trinajstić information content (AvgIpc) is 2.98. The summed E-state index contributed by atoms with van der Waals surface area (Å²) in [6, 6.07) is 14.4. The molecule has 0 spiro atoms. The van der Waals surface area contributed by atoms with Crippen LogP contribution >= 0.6 is 0 Å². The predicted molar refractivity (Wildman–Crippen MR) is 110 cm³/mol. The molecule has 0 saturated heterocycles. The van der Waals surface area contributed by atoms with Crippen molar-refractivity contribution in [2.75, 3.05) is 5.32 Å². The summed E-state index contributed by atoms with van der Waals surface area (Å²) in [6.07, 6.45) is -0.0995. The molecule has 28 heavy (non-hydrogen) atoms. The van der Waals surface area contributed by atoms with Crippen LogP contribution in [0.2, 0.25) is 0 Å². The van der Waals surface area contributed by atoms with Crippen molar-refractivity contribution in [3.63, 3.8) is 0 Å². The van der Waals surface area contributed by atoms with Crippen LogP contribution in [0.25, 0.3) is 15.9 Å². The van der Waals surface area contributed by atoms with Crippen LogP contribution < -0.4 is 5.32 Å². The maximum Gasteiger partial charge on any atom is 0.229 e. The van der Waals surface area contributed by atoms with Gasteiger partial charge in [-0.1, -0.05) is 36.4 Å². The van der Waals surface area contributed by atoms with E-state index in [0.29, 0.717) is 22.7 Å². The summed E-state index contributed by atoms with van der Waals surface area (Å²) >= 11 is 0. The first-order valence-corrected chi connectivity index (χ1v) is 9.10. The highest BCUT2D eigenvalue weighted by Gasteiger charge is 2.28. The number of fused-ring (bicyclic) bond motifs is 1. The number of imidazole rings is 1. The van der Waals surface area contributed by atoms with Crippen molar-refractivity contribution < 1.29 is 9.90 Å². The van der Waals surface area contributed by atoms with Crippen molar-refractivity contribution in [2.24, 2.45) is 0 Å². The smallest absolute Gasteiger partial charge is 0.229 e. The van der Waals surface area contributed by atoms with Gasteiger partial charge in [0.05, 0.1) is 29.6 Å². The summed E-state index contributed by atoms with van der Waals surface area (Å²) in [5.41, 5.74) is 1.03. The molecule has 0 aliphatic carbocycles. The number of benzene rings is 2. The molecule has 3 aromatic rings. The van der Waals surface area contributed by atoms with E-state index in [1.807, 2.05) is 43.5 Å². The van der Waals surface area contributed by atoms with E-state index in [4.69, 9.17) is 6.57 Å². The number of aliphatic hydroxyl groups is 1. The molecule has 1 atom stereocenters. The Kier molecular flexibility index (Phi) is 4.97. The van der Waals surface area contributed by atoms with Crippen LogP contribution in [0.5, 0.6) is 0 Å². The SMILES string of the molecule is [C-]#[N+]c1ccc2nc(NC(=O)C[C@@](C)(O)c3ccccc3)n(C(C)(C)C)c2c1. The molecule has 6 heteroatoms. The van der Waals surface area contributed by atoms with Crippen molar-refractivity contribution in [1.82, 2.24) is 9.55 Å². The second-order valence-electron chi connectivity index (χ2n) is 8.09. The molecule has 1 aromatic heterocycles. The summed E-state index contributed by atoms with van der Waals surface area (Å²) in [6.45, 7) is 14.9. The van der Waals surface area contributed by atoms with E-state index in [0.717, 1.165) is 5.52 Å². The minimum Gasteiger partial charge on any atom is -0.385 e. The van der Waals surface area contributed by atoms with Gasteiger partial charge in [0.25, 0.3) is 0 Å². The second-order valence-corrected chi connectivity index (χ2v) is 8.09. The maximum atomic E-state index is 12.7. The summed E-state index contributed by atoms with van der Waals surface area (Å²) < 4.78 is 1.91. The van der Waals surface area contributed by atoms with Crippen molar-refractivity contribution >= 4 is 28.6 Å². The van der Waals surface area contributed by atoms with E-state index in [1.165, 1.54) is 0 Å². The van der Waals surface area contributed by atoms with Crippen LogP contribution in [0.3, 0.4) is 0 Å². The first kappa shape index (κ1) is 19.6. The third-order valence-electron chi connectivity index (χ3n) is 4.59. The number of anilines is 1. The second kappa shape index (κ2) is 7.10. The van der Waals surface area contributed by atoms with Crippen molar-refractivity contribution in [3.8, 4) is 0 Å². The number of hydrogen-bond donors (Lipinski definition) is 2. The summed E-state index contributed by atoms with van der Waals surface area (Å²) in [5, 5.41) is 13.6. The number of carbonyl (C=O) groups is 1. The molecule has 0 saturated carbocycles. The maximum absolute atomic E-state index is 12.7. The zero-order chi connectivity index (χ0) is 20.5. The predicted octanol–water partition coefficient (Wildman–Crippen LogP) is 4.58. The zero-order valence-corrected chi connectivity index (χ0v) is 16.5. The quantitative estimate of drug-likeness (QED) is 0.655. The lowest BCUT2D eigenvalue weighted by Gasteiger charge is -2.26. The molecule has 0 fully saturated rings. The highest BCUT2D eigenvalue weighted by Crippen LogP contribution is 2.31. The Balaban J connectivity index is 1.94. The first-order valence-electron chi connectivity index (χ1n) is 9.10. The van der Waals surface area contributed by atoms with Gasteiger partial charge in [0, 0.05) is 5.54 Å². The van der Waals surface area contributed by atoms with E-state index in [-0.39, 0.29) is 17.9 Å². The fourth-order valence-electron chi connectivity index (χ4n) is 3.28. The lowest BCUT2D eigenvalue weighted by molar-refractivity contribution is -0.120. The van der Waals surface area contributed by atoms with Crippen LogP contribution in [-0.4, -0.2) is 20.6 Å². The van der Waals surface area contributed by atoms with Gasteiger partial charge >= 0.3 is 0 Å². The lowest BCUT2D eigenvalue weighted by Crippen LogP contribution is -2.31. The first-order chi connectivity index (χ1) is 13.1. The summed E-state index contributed by atoms with van der Waals surface area (Å²) in [7, 11) is 0. The topological polar surface area (TPSA) is 71.5 Å². The molecule has 0 aliphatic rings. The average molecular weight is 376 g/mol. The van der Waals surface area contributed by atoms with E-state index >= 15 is 0 Å². The number of hydrogen-bond acceptors (Lipinski definition) is 3. The Morgan fingerprint density at radius 2 is 1.86 bits per heavy atom. The molecule has 6 nitrogen and oxygen atoms in total.